The molecule has 1 fully saturated rings. The van der Waals surface area contributed by atoms with Crippen molar-refractivity contribution in [2.75, 3.05) is 10.6 Å². The predicted molar refractivity (Wildman–Crippen MR) is 114 cm³/mol. The van der Waals surface area contributed by atoms with Gasteiger partial charge in [0.05, 0.1) is 12.2 Å². The molecule has 0 radical (unpaired) electrons. The smallest absolute Gasteiger partial charge is 0.404 e. The van der Waals surface area contributed by atoms with Gasteiger partial charge in [0.1, 0.15) is 11.9 Å². The topological polar surface area (TPSA) is 128 Å². The average Bonchev–Trinajstić information content (AvgIpc) is 3.11. The number of fused-ring (bicyclic) bond motifs is 1. The summed E-state index contributed by atoms with van der Waals surface area (Å²) in [5.41, 5.74) is 2.09. The number of nitrogens with one attached hydrogen (secondary N) is 3. The third kappa shape index (κ3) is 3.98. The van der Waals surface area contributed by atoms with E-state index in [1.807, 2.05) is 42.1 Å². The molecule has 0 saturated heterocycles. The highest BCUT2D eigenvalue weighted by Gasteiger charge is 2.27. The van der Waals surface area contributed by atoms with Gasteiger partial charge in [0.15, 0.2) is 11.5 Å². The molecule has 4 N–H and O–H groups in total. The first-order chi connectivity index (χ1) is 14.5. The summed E-state index contributed by atoms with van der Waals surface area (Å²) in [7, 11) is 1.98. The number of hydrogen-bond donors (Lipinski definition) is 4. The molecule has 2 aromatic heterocycles. The van der Waals surface area contributed by atoms with Crippen molar-refractivity contribution < 1.29 is 9.90 Å². The zero-order valence-corrected chi connectivity index (χ0v) is 16.6. The first-order valence-electron chi connectivity index (χ1n) is 9.89. The van der Waals surface area contributed by atoms with Gasteiger partial charge in [0, 0.05) is 35.9 Å². The fraction of sp³-hybridized carbons (Fsp3) is 0.333. The predicted octanol–water partition coefficient (Wildman–Crippen LogP) is 3.57. The lowest BCUT2D eigenvalue weighted by molar-refractivity contribution is 0.184. The number of carboxylic acid groups (broad SMARTS) is 1. The highest BCUT2D eigenvalue weighted by molar-refractivity contribution is 5.94. The molecule has 4 rings (SSSR count). The Morgan fingerprint density at radius 2 is 2.07 bits per heavy atom. The maximum absolute atomic E-state index is 11.1. The van der Waals surface area contributed by atoms with E-state index >= 15 is 0 Å². The summed E-state index contributed by atoms with van der Waals surface area (Å²) >= 11 is 0. The van der Waals surface area contributed by atoms with Crippen molar-refractivity contribution in [3.63, 3.8) is 0 Å². The molecule has 1 saturated carbocycles. The third-order valence-electron chi connectivity index (χ3n) is 5.47. The Morgan fingerprint density at radius 1 is 1.27 bits per heavy atom. The molecule has 3 aromatic rings. The molecule has 2 heterocycles. The van der Waals surface area contributed by atoms with Crippen molar-refractivity contribution in [2.45, 2.75) is 37.8 Å². The number of hydrogen-bond acceptors (Lipinski definition) is 6. The van der Waals surface area contributed by atoms with Gasteiger partial charge in [-0.15, -0.1) is 0 Å². The fourth-order valence-corrected chi connectivity index (χ4v) is 3.99. The van der Waals surface area contributed by atoms with Crippen molar-refractivity contribution in [1.29, 1.82) is 5.26 Å². The molecule has 154 valence electrons. The second kappa shape index (κ2) is 8.29. The molecular weight excluding hydrogens is 382 g/mol. The van der Waals surface area contributed by atoms with Crippen LogP contribution in [0.1, 0.15) is 31.4 Å². The van der Waals surface area contributed by atoms with E-state index in [-0.39, 0.29) is 17.8 Å². The van der Waals surface area contributed by atoms with Gasteiger partial charge in [-0.25, -0.2) is 14.8 Å². The van der Waals surface area contributed by atoms with Gasteiger partial charge in [-0.3, -0.25) is 0 Å². The quantitative estimate of drug-likeness (QED) is 0.511. The lowest BCUT2D eigenvalue weighted by atomic mass is 9.90. The number of nitrogens with zero attached hydrogens (tertiary/aromatic N) is 4. The van der Waals surface area contributed by atoms with Crippen LogP contribution in [0.2, 0.25) is 0 Å². The number of aromatic nitrogens is 3. The number of nitriles is 1. The number of aryl methyl sites for hydroxylation is 1. The van der Waals surface area contributed by atoms with E-state index in [0.29, 0.717) is 11.6 Å². The molecule has 0 spiro atoms. The number of amides is 1. The van der Waals surface area contributed by atoms with Crippen molar-refractivity contribution in [2.24, 2.45) is 7.05 Å². The largest absolute Gasteiger partial charge is 0.465 e. The van der Waals surface area contributed by atoms with E-state index in [1.165, 1.54) is 6.20 Å². The van der Waals surface area contributed by atoms with Gasteiger partial charge in [0.2, 0.25) is 0 Å². The number of anilines is 3. The molecule has 9 heteroatoms. The van der Waals surface area contributed by atoms with E-state index in [2.05, 4.69) is 32.0 Å². The molecular formula is C21H23N7O2. The standard InChI is InChI=1S/C21H23N7O2/c1-28-10-9-13-14(7-4-8-18(13)28)25-20-17(11-22)23-12-19(27-20)24-15-5-2-3-6-16(15)26-21(29)30/h4,7-10,12,15-16,26H,2-3,5-6H2,1H3,(H,29,30)(H2,24,25,27). The minimum Gasteiger partial charge on any atom is -0.465 e. The summed E-state index contributed by atoms with van der Waals surface area (Å²) in [4.78, 5) is 19.9. The van der Waals surface area contributed by atoms with Gasteiger partial charge in [-0.2, -0.15) is 5.26 Å². The lowest BCUT2D eigenvalue weighted by Gasteiger charge is -2.32. The van der Waals surface area contributed by atoms with Crippen LogP contribution in [0.15, 0.2) is 36.7 Å². The van der Waals surface area contributed by atoms with Crippen LogP contribution in [0, 0.1) is 11.3 Å². The number of benzene rings is 1. The molecule has 1 aromatic carbocycles. The Morgan fingerprint density at radius 3 is 2.83 bits per heavy atom. The van der Waals surface area contributed by atoms with Gasteiger partial charge in [0.25, 0.3) is 0 Å². The van der Waals surface area contributed by atoms with Crippen LogP contribution in [-0.2, 0) is 7.05 Å². The summed E-state index contributed by atoms with van der Waals surface area (Å²) in [5, 5.41) is 28.7. The first kappa shape index (κ1) is 19.5. The maximum atomic E-state index is 11.1. The van der Waals surface area contributed by atoms with Crippen LogP contribution in [0.3, 0.4) is 0 Å². The van der Waals surface area contributed by atoms with Crippen LogP contribution in [0.5, 0.6) is 0 Å². The zero-order valence-electron chi connectivity index (χ0n) is 16.6. The van der Waals surface area contributed by atoms with E-state index < -0.39 is 6.09 Å². The summed E-state index contributed by atoms with van der Waals surface area (Å²) < 4.78 is 2.02. The second-order valence-corrected chi connectivity index (χ2v) is 7.45. The number of rotatable bonds is 5. The molecule has 0 aliphatic heterocycles. The van der Waals surface area contributed by atoms with Gasteiger partial charge in [-0.05, 0) is 31.0 Å². The minimum absolute atomic E-state index is 0.0810. The monoisotopic (exact) mass is 405 g/mol. The SMILES string of the molecule is Cn1ccc2c(Nc3nc(NC4CCCCC4NC(=O)O)cnc3C#N)cccc21. The molecule has 1 aliphatic rings. The van der Waals surface area contributed by atoms with Crippen molar-refractivity contribution >= 4 is 34.3 Å². The summed E-state index contributed by atoms with van der Waals surface area (Å²) in [5.74, 6) is 0.859. The van der Waals surface area contributed by atoms with E-state index in [1.54, 1.807) is 0 Å². The van der Waals surface area contributed by atoms with Crippen LogP contribution in [-0.4, -0.2) is 37.8 Å². The molecule has 9 nitrogen and oxygen atoms in total. The Balaban J connectivity index is 1.60. The highest BCUT2D eigenvalue weighted by Crippen LogP contribution is 2.28. The normalized spacial score (nSPS) is 18.5. The van der Waals surface area contributed by atoms with E-state index in [0.717, 1.165) is 42.3 Å². The molecule has 1 aliphatic carbocycles. The third-order valence-corrected chi connectivity index (χ3v) is 5.47. The fourth-order valence-electron chi connectivity index (χ4n) is 3.99. The van der Waals surface area contributed by atoms with Gasteiger partial charge in [-0.1, -0.05) is 18.9 Å². The zero-order chi connectivity index (χ0) is 21.1. The van der Waals surface area contributed by atoms with Crippen LogP contribution < -0.4 is 16.0 Å². The van der Waals surface area contributed by atoms with Crippen molar-refractivity contribution in [3.05, 3.63) is 42.4 Å². The molecule has 0 bridgehead atoms. The minimum atomic E-state index is -1.03. The van der Waals surface area contributed by atoms with E-state index in [4.69, 9.17) is 5.11 Å². The molecule has 2 atom stereocenters. The van der Waals surface area contributed by atoms with E-state index in [9.17, 15) is 10.1 Å². The average molecular weight is 405 g/mol. The second-order valence-electron chi connectivity index (χ2n) is 7.45. The van der Waals surface area contributed by atoms with Gasteiger partial charge < -0.3 is 25.6 Å². The van der Waals surface area contributed by atoms with Crippen molar-refractivity contribution in [3.8, 4) is 6.07 Å². The molecule has 2 unspecified atom stereocenters. The number of carbonyl (C=O) groups is 1. The molecule has 30 heavy (non-hydrogen) atoms. The summed E-state index contributed by atoms with van der Waals surface area (Å²) in [6.07, 6.45) is 6.06. The van der Waals surface area contributed by atoms with Crippen LogP contribution in [0.25, 0.3) is 10.9 Å². The van der Waals surface area contributed by atoms with Crippen LogP contribution in [0.4, 0.5) is 22.1 Å². The Labute approximate surface area is 173 Å². The highest BCUT2D eigenvalue weighted by atomic mass is 16.4. The van der Waals surface area contributed by atoms with Crippen LogP contribution >= 0.6 is 0 Å². The van der Waals surface area contributed by atoms with Gasteiger partial charge >= 0.3 is 6.09 Å². The molecule has 1 amide bonds. The Hall–Kier alpha value is -3.80. The van der Waals surface area contributed by atoms with Crippen molar-refractivity contribution in [1.82, 2.24) is 19.9 Å². The Kier molecular flexibility index (Phi) is 5.39. The Bertz CT molecular complexity index is 1120. The summed E-state index contributed by atoms with van der Waals surface area (Å²) in [6.45, 7) is 0. The summed E-state index contributed by atoms with van der Waals surface area (Å²) in [6, 6.07) is 9.70. The maximum Gasteiger partial charge on any atom is 0.404 e. The first-order valence-corrected chi connectivity index (χ1v) is 9.89. The lowest BCUT2D eigenvalue weighted by Crippen LogP contribution is -2.48.